The van der Waals surface area contributed by atoms with Crippen LogP contribution in [0.15, 0.2) is 194 Å². The van der Waals surface area contributed by atoms with Crippen molar-refractivity contribution in [1.82, 2.24) is 0 Å². The molecule has 3 nitrogen and oxygen atoms in total. The van der Waals surface area contributed by atoms with Crippen LogP contribution in [-0.4, -0.2) is 6.71 Å². The zero-order chi connectivity index (χ0) is 56.0. The van der Waals surface area contributed by atoms with Gasteiger partial charge >= 0.3 is 0 Å². The summed E-state index contributed by atoms with van der Waals surface area (Å²) in [4.78, 5) is 7.32. The lowest BCUT2D eigenvalue weighted by molar-refractivity contribution is 0.590. The number of nitrogens with zero attached hydrogens (tertiary/aromatic N) is 3. The summed E-state index contributed by atoms with van der Waals surface area (Å²) < 4.78 is 42.8. The van der Waals surface area contributed by atoms with E-state index in [2.05, 4.69) is 237 Å². The molecule has 2 heterocycles. The van der Waals surface area contributed by atoms with Crippen LogP contribution in [0.3, 0.4) is 0 Å². The van der Waals surface area contributed by atoms with Gasteiger partial charge in [0.2, 0.25) is 0 Å². The van der Waals surface area contributed by atoms with Crippen molar-refractivity contribution in [1.29, 1.82) is 0 Å². The second-order valence-electron chi connectivity index (χ2n) is 24.5. The number of anilines is 9. The fourth-order valence-electron chi connectivity index (χ4n) is 12.0. The Hall–Kier alpha value is -7.56. The molecule has 0 N–H and O–H groups in total. The molecular formula is C70H68BN3. The minimum absolute atomic E-state index is 0.00542. The lowest BCUT2D eigenvalue weighted by Crippen LogP contribution is -2.61. The van der Waals surface area contributed by atoms with Crippen LogP contribution in [0, 0.1) is 6.92 Å². The lowest BCUT2D eigenvalue weighted by Gasteiger charge is -2.45. The first-order valence-electron chi connectivity index (χ1n) is 28.8. The largest absolute Gasteiger partial charge is 0.311 e. The molecule has 9 aromatic rings. The summed E-state index contributed by atoms with van der Waals surface area (Å²) in [5.41, 5.74) is 23.8. The van der Waals surface area contributed by atoms with E-state index in [1.165, 1.54) is 66.7 Å². The number of hydrogen-bond donors (Lipinski definition) is 0. The molecule has 0 atom stereocenters. The third-order valence-electron chi connectivity index (χ3n) is 16.0. The summed E-state index contributed by atoms with van der Waals surface area (Å²) in [5.74, 6) is 0. The quantitative estimate of drug-likeness (QED) is 0.154. The summed E-state index contributed by atoms with van der Waals surface area (Å²) in [7, 11) is 0. The van der Waals surface area contributed by atoms with Gasteiger partial charge in [0.1, 0.15) is 0 Å². The summed E-state index contributed by atoms with van der Waals surface area (Å²) in [6, 6.07) is 59.1. The monoisotopic (exact) mass is 967 g/mol. The highest BCUT2D eigenvalue weighted by Crippen LogP contribution is 2.52. The Morgan fingerprint density at radius 1 is 0.446 bits per heavy atom. The Morgan fingerprint density at radius 3 is 1.62 bits per heavy atom. The maximum atomic E-state index is 8.82. The van der Waals surface area contributed by atoms with E-state index in [0.717, 1.165) is 45.4 Å². The molecule has 0 bridgehead atoms. The van der Waals surface area contributed by atoms with Gasteiger partial charge in [0.15, 0.2) is 0 Å². The molecule has 0 saturated carbocycles. The van der Waals surface area contributed by atoms with Crippen molar-refractivity contribution in [3.63, 3.8) is 0 Å². The Labute approximate surface area is 448 Å². The van der Waals surface area contributed by atoms with E-state index < -0.39 is 6.04 Å². The molecule has 0 aromatic heterocycles. The van der Waals surface area contributed by atoms with Crippen LogP contribution in [0.2, 0.25) is 0 Å². The van der Waals surface area contributed by atoms with Gasteiger partial charge in [-0.3, -0.25) is 0 Å². The Balaban J connectivity index is 1.12. The van der Waals surface area contributed by atoms with Gasteiger partial charge in [-0.15, -0.1) is 0 Å². The van der Waals surface area contributed by atoms with Crippen LogP contribution in [0.1, 0.15) is 116 Å². The predicted octanol–water partition coefficient (Wildman–Crippen LogP) is 17.4. The van der Waals surface area contributed by atoms with E-state index in [-0.39, 0.29) is 58.1 Å². The number of rotatable bonds is 6. The second kappa shape index (κ2) is 17.0. The molecule has 366 valence electrons. The molecule has 74 heavy (non-hydrogen) atoms. The molecule has 3 aliphatic rings. The molecule has 0 unspecified atom stereocenters. The van der Waals surface area contributed by atoms with E-state index in [1.54, 1.807) is 0 Å². The zero-order valence-corrected chi connectivity index (χ0v) is 45.0. The Morgan fingerprint density at radius 2 is 0.986 bits per heavy atom. The number of aryl methyl sites for hydroxylation is 1. The molecule has 4 heteroatoms. The summed E-state index contributed by atoms with van der Waals surface area (Å²) >= 11 is 0. The van der Waals surface area contributed by atoms with Gasteiger partial charge in [-0.2, -0.15) is 0 Å². The van der Waals surface area contributed by atoms with Crippen molar-refractivity contribution in [2.45, 2.75) is 105 Å². The fourth-order valence-corrected chi connectivity index (χ4v) is 12.0. The third-order valence-corrected chi connectivity index (χ3v) is 16.0. The summed E-state index contributed by atoms with van der Waals surface area (Å²) in [6.07, 6.45) is 0. The number of hydrogen-bond acceptors (Lipinski definition) is 3. The van der Waals surface area contributed by atoms with E-state index in [4.69, 9.17) is 6.85 Å². The average Bonchev–Trinajstić information content (AvgIpc) is 3.68. The van der Waals surface area contributed by atoms with Crippen molar-refractivity contribution in [2.75, 3.05) is 14.7 Å². The SMILES string of the molecule is [2H]c1c([2H])c([2H])c(-c2ccc(N(c3ccc(C(C)(C)C)cc3)c3ccc4c(c3)N(c3ccc5c(c3)C(C)(C)c3ccccc3-5)c3cc(C)cc5c3B4c3cc(C(C)(C)C)ccc3N5c3ccc(C(C)(C)C)cc3)cc2)c([2H])c1[2H]. The number of benzene rings is 9. The normalized spacial score (nSPS) is 15.2. The Kier molecular flexibility index (Phi) is 9.62. The molecule has 0 saturated heterocycles. The van der Waals surface area contributed by atoms with Crippen molar-refractivity contribution in [3.05, 3.63) is 227 Å². The minimum Gasteiger partial charge on any atom is -0.311 e. The molecule has 9 aromatic carbocycles. The standard InChI is InChI=1S/C70H68BN3/c1-45-40-64-66-65(41-45)74(54-35-37-57-56-20-16-17-21-58(56)70(11,12)59(57)43-54)63-44-55(72(52-31-24-48(25-32-52)67(2,3)4)51-29-22-47(23-30-51)46-18-14-13-15-19-46)36-38-60(63)71(66)61-42-50(69(8,9)10)28-39-62(61)73(64)53-33-26-49(27-34-53)68(5,6)7/h13-44H,1-12H3/i13D,14D,15D,18D,19D. The smallest absolute Gasteiger partial charge is 0.252 e. The highest BCUT2D eigenvalue weighted by molar-refractivity contribution is 7.00. The fraction of sp³-hybridized carbons (Fsp3) is 0.229. The van der Waals surface area contributed by atoms with E-state index >= 15 is 0 Å². The first kappa shape index (κ1) is 41.9. The summed E-state index contributed by atoms with van der Waals surface area (Å²) in [6.45, 7) is 27.3. The van der Waals surface area contributed by atoms with Crippen LogP contribution < -0.4 is 31.1 Å². The maximum absolute atomic E-state index is 8.82. The average molecular weight is 967 g/mol. The predicted molar refractivity (Wildman–Crippen MR) is 319 cm³/mol. The van der Waals surface area contributed by atoms with Gasteiger partial charge in [0, 0.05) is 56.6 Å². The lowest BCUT2D eigenvalue weighted by atomic mass is 9.33. The number of fused-ring (bicyclic) bond motifs is 7. The highest BCUT2D eigenvalue weighted by Gasteiger charge is 2.45. The Bertz CT molecular complexity index is 3930. The molecule has 1 aliphatic carbocycles. The van der Waals surface area contributed by atoms with Gasteiger partial charge in [-0.1, -0.05) is 191 Å². The van der Waals surface area contributed by atoms with Crippen LogP contribution in [-0.2, 0) is 21.7 Å². The summed E-state index contributed by atoms with van der Waals surface area (Å²) in [5, 5.41) is 0. The molecule has 2 aliphatic heterocycles. The van der Waals surface area contributed by atoms with Crippen LogP contribution in [0.5, 0.6) is 0 Å². The van der Waals surface area contributed by atoms with Crippen LogP contribution >= 0.6 is 0 Å². The molecule has 0 spiro atoms. The van der Waals surface area contributed by atoms with Crippen molar-refractivity contribution in [3.8, 4) is 22.3 Å². The van der Waals surface area contributed by atoms with Gasteiger partial charge in [-0.05, 0) is 174 Å². The zero-order valence-electron chi connectivity index (χ0n) is 50.0. The second-order valence-corrected chi connectivity index (χ2v) is 24.5. The van der Waals surface area contributed by atoms with E-state index in [0.29, 0.717) is 5.56 Å². The van der Waals surface area contributed by atoms with Gasteiger partial charge in [0.05, 0.1) is 6.85 Å². The maximum Gasteiger partial charge on any atom is 0.252 e. The van der Waals surface area contributed by atoms with Crippen molar-refractivity contribution in [2.24, 2.45) is 0 Å². The molecule has 0 amide bonds. The van der Waals surface area contributed by atoms with E-state index in [1.807, 2.05) is 24.3 Å². The first-order chi connectivity index (χ1) is 37.3. The molecule has 0 fully saturated rings. The van der Waals surface area contributed by atoms with Crippen LogP contribution in [0.4, 0.5) is 51.2 Å². The first-order valence-corrected chi connectivity index (χ1v) is 26.3. The van der Waals surface area contributed by atoms with Crippen LogP contribution in [0.25, 0.3) is 22.3 Å². The van der Waals surface area contributed by atoms with Gasteiger partial charge in [-0.25, -0.2) is 0 Å². The highest BCUT2D eigenvalue weighted by atomic mass is 15.2. The van der Waals surface area contributed by atoms with E-state index in [9.17, 15) is 0 Å². The minimum atomic E-state index is -0.404. The molecule has 12 rings (SSSR count). The van der Waals surface area contributed by atoms with Gasteiger partial charge in [0.25, 0.3) is 6.71 Å². The van der Waals surface area contributed by atoms with Gasteiger partial charge < -0.3 is 14.7 Å². The third kappa shape index (κ3) is 7.79. The molecule has 0 radical (unpaired) electrons. The topological polar surface area (TPSA) is 9.72 Å². The molecular weight excluding hydrogens is 894 g/mol. The van der Waals surface area contributed by atoms with Crippen molar-refractivity contribution < 1.29 is 6.85 Å². The van der Waals surface area contributed by atoms with Crippen molar-refractivity contribution >= 4 is 74.3 Å².